The predicted octanol–water partition coefficient (Wildman–Crippen LogP) is 3.86. The van der Waals surface area contributed by atoms with Gasteiger partial charge in [-0.15, -0.1) is 0 Å². The van der Waals surface area contributed by atoms with Crippen LogP contribution in [0.2, 0.25) is 5.02 Å². The molecule has 1 saturated carbocycles. The minimum absolute atomic E-state index is 0.164. The molecule has 1 atom stereocenters. The van der Waals surface area contributed by atoms with Gasteiger partial charge in [0.25, 0.3) is 0 Å². The average Bonchev–Trinajstić information content (AvgIpc) is 2.80. The molecule has 0 bridgehead atoms. The normalized spacial score (nSPS) is 17.7. The smallest absolute Gasteiger partial charge is 0.0642 e. The molecular weight excluding hydrogens is 256 g/mol. The molecule has 1 fully saturated rings. The van der Waals surface area contributed by atoms with Crippen molar-refractivity contribution in [1.82, 2.24) is 0 Å². The first kappa shape index (κ1) is 14.7. The molecule has 2 rings (SSSR count). The van der Waals surface area contributed by atoms with Crippen molar-refractivity contribution in [1.29, 1.82) is 0 Å². The monoisotopic (exact) mass is 280 g/mol. The maximum atomic E-state index is 6.41. The van der Waals surface area contributed by atoms with Crippen LogP contribution in [0.4, 0.5) is 5.69 Å². The summed E-state index contributed by atoms with van der Waals surface area (Å²) in [6, 6.07) is 6.31. The largest absolute Gasteiger partial charge is 0.373 e. The van der Waals surface area contributed by atoms with Gasteiger partial charge in [-0.1, -0.05) is 36.6 Å². The Balaban J connectivity index is 2.16. The van der Waals surface area contributed by atoms with Crippen LogP contribution >= 0.6 is 11.6 Å². The number of para-hydroxylation sites is 1. The van der Waals surface area contributed by atoms with Gasteiger partial charge in [0, 0.05) is 19.6 Å². The highest BCUT2D eigenvalue weighted by Gasteiger charge is 2.19. The van der Waals surface area contributed by atoms with E-state index in [1.165, 1.54) is 36.9 Å². The summed E-state index contributed by atoms with van der Waals surface area (Å²) in [5, 5.41) is 0.846. The Morgan fingerprint density at radius 3 is 2.68 bits per heavy atom. The van der Waals surface area contributed by atoms with Crippen LogP contribution in [-0.2, 0) is 6.42 Å². The zero-order valence-corrected chi connectivity index (χ0v) is 12.8. The summed E-state index contributed by atoms with van der Waals surface area (Å²) in [5.74, 6) is 0.824. The lowest BCUT2D eigenvalue weighted by atomic mass is 10.0. The van der Waals surface area contributed by atoms with Crippen molar-refractivity contribution in [2.24, 2.45) is 11.7 Å². The number of halogens is 1. The molecule has 106 valence electrons. The second-order valence-electron chi connectivity index (χ2n) is 5.96. The van der Waals surface area contributed by atoms with E-state index in [2.05, 4.69) is 18.0 Å². The topological polar surface area (TPSA) is 29.3 Å². The van der Waals surface area contributed by atoms with Gasteiger partial charge in [-0.05, 0) is 43.7 Å². The fourth-order valence-corrected chi connectivity index (χ4v) is 3.51. The first-order valence-electron chi connectivity index (χ1n) is 7.32. The summed E-state index contributed by atoms with van der Waals surface area (Å²) < 4.78 is 0. The van der Waals surface area contributed by atoms with Gasteiger partial charge in [0.1, 0.15) is 0 Å². The van der Waals surface area contributed by atoms with Gasteiger partial charge in [0.15, 0.2) is 0 Å². The van der Waals surface area contributed by atoms with E-state index in [1.807, 2.05) is 19.1 Å². The van der Waals surface area contributed by atoms with Gasteiger partial charge in [-0.3, -0.25) is 0 Å². The highest BCUT2D eigenvalue weighted by atomic mass is 35.5. The van der Waals surface area contributed by atoms with Crippen molar-refractivity contribution in [3.05, 3.63) is 28.8 Å². The Labute approximate surface area is 121 Å². The Kier molecular flexibility index (Phi) is 5.12. The zero-order chi connectivity index (χ0) is 13.8. The van der Waals surface area contributed by atoms with Crippen molar-refractivity contribution in [3.63, 3.8) is 0 Å². The van der Waals surface area contributed by atoms with Crippen LogP contribution in [-0.4, -0.2) is 19.6 Å². The van der Waals surface area contributed by atoms with Crippen LogP contribution in [0.1, 0.15) is 38.2 Å². The molecule has 3 heteroatoms. The van der Waals surface area contributed by atoms with E-state index in [0.29, 0.717) is 0 Å². The van der Waals surface area contributed by atoms with E-state index in [0.717, 1.165) is 23.9 Å². The second-order valence-corrected chi connectivity index (χ2v) is 6.37. The second kappa shape index (κ2) is 6.62. The number of anilines is 1. The van der Waals surface area contributed by atoms with E-state index in [-0.39, 0.29) is 6.04 Å². The Morgan fingerprint density at radius 1 is 1.37 bits per heavy atom. The minimum atomic E-state index is 0.164. The van der Waals surface area contributed by atoms with Gasteiger partial charge in [-0.2, -0.15) is 0 Å². The van der Waals surface area contributed by atoms with Crippen molar-refractivity contribution in [2.75, 3.05) is 18.5 Å². The molecule has 0 saturated heterocycles. The summed E-state index contributed by atoms with van der Waals surface area (Å²) in [6.45, 7) is 3.15. The molecule has 1 aromatic rings. The molecule has 0 heterocycles. The third-order valence-electron chi connectivity index (χ3n) is 4.00. The lowest BCUT2D eigenvalue weighted by molar-refractivity contribution is 0.546. The molecule has 0 radical (unpaired) electrons. The maximum Gasteiger partial charge on any atom is 0.0642 e. The van der Waals surface area contributed by atoms with Gasteiger partial charge in [-0.25, -0.2) is 0 Å². The predicted molar refractivity (Wildman–Crippen MR) is 84.0 cm³/mol. The maximum absolute atomic E-state index is 6.41. The fraction of sp³-hybridized carbons (Fsp3) is 0.625. The van der Waals surface area contributed by atoms with E-state index < -0.39 is 0 Å². The van der Waals surface area contributed by atoms with Crippen LogP contribution < -0.4 is 10.6 Å². The Morgan fingerprint density at radius 2 is 2.05 bits per heavy atom. The van der Waals surface area contributed by atoms with E-state index in [1.54, 1.807) is 0 Å². The van der Waals surface area contributed by atoms with Crippen molar-refractivity contribution >= 4 is 17.3 Å². The van der Waals surface area contributed by atoms with Gasteiger partial charge in [0.05, 0.1) is 10.7 Å². The lowest BCUT2D eigenvalue weighted by Crippen LogP contribution is -2.27. The van der Waals surface area contributed by atoms with Crippen LogP contribution in [0.25, 0.3) is 0 Å². The van der Waals surface area contributed by atoms with Crippen molar-refractivity contribution in [3.8, 4) is 0 Å². The van der Waals surface area contributed by atoms with Gasteiger partial charge in [0.2, 0.25) is 0 Å². The summed E-state index contributed by atoms with van der Waals surface area (Å²) in [7, 11) is 2.16. The van der Waals surface area contributed by atoms with E-state index in [4.69, 9.17) is 17.3 Å². The molecule has 0 spiro atoms. The number of hydrogen-bond acceptors (Lipinski definition) is 2. The minimum Gasteiger partial charge on any atom is -0.373 e. The molecule has 1 aliphatic carbocycles. The zero-order valence-electron chi connectivity index (χ0n) is 12.0. The number of nitrogens with two attached hydrogens (primary N) is 1. The highest BCUT2D eigenvalue weighted by molar-refractivity contribution is 6.33. The first-order chi connectivity index (χ1) is 9.08. The average molecular weight is 281 g/mol. The molecule has 1 aromatic carbocycles. The molecule has 1 unspecified atom stereocenters. The van der Waals surface area contributed by atoms with Crippen LogP contribution in [0.5, 0.6) is 0 Å². The summed E-state index contributed by atoms with van der Waals surface area (Å²) >= 11 is 6.41. The van der Waals surface area contributed by atoms with Crippen LogP contribution in [0.3, 0.4) is 0 Å². The van der Waals surface area contributed by atoms with E-state index >= 15 is 0 Å². The molecule has 0 aliphatic heterocycles. The van der Waals surface area contributed by atoms with Crippen molar-refractivity contribution < 1.29 is 0 Å². The van der Waals surface area contributed by atoms with Gasteiger partial charge >= 0.3 is 0 Å². The quantitative estimate of drug-likeness (QED) is 0.887. The number of hydrogen-bond donors (Lipinski definition) is 1. The molecule has 1 aliphatic rings. The van der Waals surface area contributed by atoms with Crippen LogP contribution in [0.15, 0.2) is 18.2 Å². The van der Waals surface area contributed by atoms with E-state index in [9.17, 15) is 0 Å². The summed E-state index contributed by atoms with van der Waals surface area (Å²) in [5.41, 5.74) is 8.39. The summed E-state index contributed by atoms with van der Waals surface area (Å²) in [6.07, 6.45) is 6.36. The van der Waals surface area contributed by atoms with Gasteiger partial charge < -0.3 is 10.6 Å². The first-order valence-corrected chi connectivity index (χ1v) is 7.70. The molecular formula is C16H25ClN2. The summed E-state index contributed by atoms with van der Waals surface area (Å²) in [4.78, 5) is 2.33. The standard InChI is InChI=1S/C16H25ClN2/c1-12(18)10-14-8-5-9-15(17)16(14)19(2)11-13-6-3-4-7-13/h5,8-9,12-13H,3-4,6-7,10-11,18H2,1-2H3. The van der Waals surface area contributed by atoms with Crippen molar-refractivity contribution in [2.45, 2.75) is 45.1 Å². The molecule has 2 N–H and O–H groups in total. The third-order valence-corrected chi connectivity index (χ3v) is 4.31. The van der Waals surface area contributed by atoms with Crippen LogP contribution in [0, 0.1) is 5.92 Å². The molecule has 0 amide bonds. The third kappa shape index (κ3) is 3.87. The number of nitrogens with zero attached hydrogens (tertiary/aromatic N) is 1. The lowest BCUT2D eigenvalue weighted by Gasteiger charge is -2.27. The fourth-order valence-electron chi connectivity index (χ4n) is 3.17. The molecule has 2 nitrogen and oxygen atoms in total. The number of rotatable bonds is 5. The Bertz CT molecular complexity index is 411. The Hall–Kier alpha value is -0.730. The molecule has 19 heavy (non-hydrogen) atoms. The highest BCUT2D eigenvalue weighted by Crippen LogP contribution is 2.33. The number of benzene rings is 1. The SMILES string of the molecule is CC(N)Cc1cccc(Cl)c1N(C)CC1CCCC1. The molecule has 0 aromatic heterocycles.